The molecule has 94 valence electrons. The number of amides is 2. The van der Waals surface area contributed by atoms with Crippen molar-refractivity contribution in [2.24, 2.45) is 0 Å². The van der Waals surface area contributed by atoms with Crippen LogP contribution >= 0.6 is 0 Å². The molecule has 0 saturated carbocycles. The predicted molar refractivity (Wildman–Crippen MR) is 69.7 cm³/mol. The van der Waals surface area contributed by atoms with E-state index in [0.717, 1.165) is 5.56 Å². The van der Waals surface area contributed by atoms with Crippen LogP contribution in [0, 0.1) is 6.92 Å². The maximum Gasteiger partial charge on any atom is 0.321 e. The highest BCUT2D eigenvalue weighted by atomic mass is 16.5. The Balaban J connectivity index is 2.86. The molecule has 1 aromatic rings. The number of nitrogens with one attached hydrogen (secondary N) is 1. The minimum atomic E-state index is -0.0982. The highest BCUT2D eigenvalue weighted by Gasteiger charge is 2.12. The van der Waals surface area contributed by atoms with Gasteiger partial charge < -0.3 is 15.0 Å². The third-order valence-electron chi connectivity index (χ3n) is 2.65. The number of anilines is 1. The molecule has 0 unspecified atom stereocenters. The highest BCUT2D eigenvalue weighted by molar-refractivity contribution is 5.91. The first-order chi connectivity index (χ1) is 8.12. The quantitative estimate of drug-likeness (QED) is 0.873. The van der Waals surface area contributed by atoms with E-state index >= 15 is 0 Å². The molecule has 0 fully saturated rings. The highest BCUT2D eigenvalue weighted by Crippen LogP contribution is 2.25. The Bertz CT molecular complexity index is 387. The van der Waals surface area contributed by atoms with Crippen LogP contribution in [0.3, 0.4) is 0 Å². The molecule has 0 heterocycles. The number of carbonyl (C=O) groups excluding carboxylic acids is 1. The molecule has 0 aromatic heterocycles. The van der Waals surface area contributed by atoms with Crippen molar-refractivity contribution in [3.8, 4) is 5.75 Å². The lowest BCUT2D eigenvalue weighted by Gasteiger charge is -2.20. The number of hydrogen-bond acceptors (Lipinski definition) is 2. The third kappa shape index (κ3) is 3.37. The molecule has 2 amide bonds. The van der Waals surface area contributed by atoms with Crippen LogP contribution in [0.25, 0.3) is 0 Å². The van der Waals surface area contributed by atoms with E-state index in [1.807, 2.05) is 39.0 Å². The van der Waals surface area contributed by atoms with Crippen LogP contribution in [0.15, 0.2) is 18.2 Å². The lowest BCUT2D eigenvalue weighted by molar-refractivity contribution is 0.217. The molecule has 0 aliphatic rings. The normalized spacial score (nSPS) is 9.88. The molecule has 1 N–H and O–H groups in total. The summed E-state index contributed by atoms with van der Waals surface area (Å²) in [6.45, 7) is 7.27. The predicted octanol–water partition coefficient (Wildman–Crippen LogP) is 2.88. The van der Waals surface area contributed by atoms with Gasteiger partial charge in [-0.1, -0.05) is 6.07 Å². The summed E-state index contributed by atoms with van der Waals surface area (Å²) < 4.78 is 5.21. The first-order valence-electron chi connectivity index (χ1n) is 5.82. The van der Waals surface area contributed by atoms with Crippen LogP contribution in [-0.2, 0) is 0 Å². The van der Waals surface area contributed by atoms with Crippen molar-refractivity contribution in [1.29, 1.82) is 0 Å². The number of hydrogen-bond donors (Lipinski definition) is 1. The van der Waals surface area contributed by atoms with E-state index in [1.54, 1.807) is 12.0 Å². The van der Waals surface area contributed by atoms with Crippen molar-refractivity contribution in [2.45, 2.75) is 20.8 Å². The van der Waals surface area contributed by atoms with Crippen molar-refractivity contribution in [3.05, 3.63) is 23.8 Å². The van der Waals surface area contributed by atoms with Gasteiger partial charge in [0, 0.05) is 13.1 Å². The summed E-state index contributed by atoms with van der Waals surface area (Å²) in [5, 5.41) is 2.87. The van der Waals surface area contributed by atoms with Crippen LogP contribution in [0.1, 0.15) is 19.4 Å². The molecule has 1 rings (SSSR count). The SMILES string of the molecule is CCN(CC)C(=O)Nc1cc(C)ccc1OC. The van der Waals surface area contributed by atoms with E-state index in [0.29, 0.717) is 24.5 Å². The Kier molecular flexibility index (Phi) is 4.82. The second-order valence-corrected chi connectivity index (χ2v) is 3.81. The van der Waals surface area contributed by atoms with Gasteiger partial charge in [0.05, 0.1) is 12.8 Å². The van der Waals surface area contributed by atoms with Gasteiger partial charge in [-0.3, -0.25) is 0 Å². The van der Waals surface area contributed by atoms with Gasteiger partial charge in [0.1, 0.15) is 5.75 Å². The third-order valence-corrected chi connectivity index (χ3v) is 2.65. The zero-order valence-electron chi connectivity index (χ0n) is 10.9. The average Bonchev–Trinajstić information content (AvgIpc) is 2.31. The lowest BCUT2D eigenvalue weighted by atomic mass is 10.2. The standard InChI is InChI=1S/C13H20N2O2/c1-5-15(6-2)13(16)14-11-9-10(3)7-8-12(11)17-4/h7-9H,5-6H2,1-4H3,(H,14,16). The van der Waals surface area contributed by atoms with Crippen molar-refractivity contribution in [1.82, 2.24) is 4.90 Å². The Morgan fingerprint density at radius 1 is 1.35 bits per heavy atom. The van der Waals surface area contributed by atoms with Gasteiger partial charge in [-0.25, -0.2) is 4.79 Å². The molecule has 17 heavy (non-hydrogen) atoms. The van der Waals surface area contributed by atoms with Crippen LogP contribution in [-0.4, -0.2) is 31.1 Å². The van der Waals surface area contributed by atoms with Crippen molar-refractivity contribution >= 4 is 11.7 Å². The smallest absolute Gasteiger partial charge is 0.321 e. The van der Waals surface area contributed by atoms with Gasteiger partial charge >= 0.3 is 6.03 Å². The van der Waals surface area contributed by atoms with Crippen LogP contribution in [0.4, 0.5) is 10.5 Å². The minimum Gasteiger partial charge on any atom is -0.495 e. The zero-order chi connectivity index (χ0) is 12.8. The monoisotopic (exact) mass is 236 g/mol. The molecule has 4 nitrogen and oxygen atoms in total. The summed E-state index contributed by atoms with van der Waals surface area (Å²) in [5.41, 5.74) is 1.80. The van der Waals surface area contributed by atoms with E-state index in [4.69, 9.17) is 4.74 Å². The van der Waals surface area contributed by atoms with E-state index in [2.05, 4.69) is 5.32 Å². The number of nitrogens with zero attached hydrogens (tertiary/aromatic N) is 1. The number of benzene rings is 1. The second-order valence-electron chi connectivity index (χ2n) is 3.81. The number of aryl methyl sites for hydroxylation is 1. The summed E-state index contributed by atoms with van der Waals surface area (Å²) in [6, 6.07) is 5.61. The number of ether oxygens (including phenoxy) is 1. The van der Waals surface area contributed by atoms with Crippen LogP contribution in [0.2, 0.25) is 0 Å². The Morgan fingerprint density at radius 2 is 2.00 bits per heavy atom. The first kappa shape index (κ1) is 13.4. The summed E-state index contributed by atoms with van der Waals surface area (Å²) in [4.78, 5) is 13.6. The number of rotatable bonds is 4. The van der Waals surface area contributed by atoms with Gasteiger partial charge in [-0.05, 0) is 38.5 Å². The molecule has 1 aromatic carbocycles. The largest absolute Gasteiger partial charge is 0.495 e. The zero-order valence-corrected chi connectivity index (χ0v) is 10.9. The van der Waals surface area contributed by atoms with Gasteiger partial charge in [0.2, 0.25) is 0 Å². The van der Waals surface area contributed by atoms with E-state index in [9.17, 15) is 4.79 Å². The molecule has 0 bridgehead atoms. The summed E-state index contributed by atoms with van der Waals surface area (Å²) in [6.07, 6.45) is 0. The maximum absolute atomic E-state index is 11.9. The number of methoxy groups -OCH3 is 1. The molecule has 4 heteroatoms. The van der Waals surface area contributed by atoms with Crippen molar-refractivity contribution in [2.75, 3.05) is 25.5 Å². The summed E-state index contributed by atoms with van der Waals surface area (Å²) >= 11 is 0. The molecule has 0 atom stereocenters. The first-order valence-corrected chi connectivity index (χ1v) is 5.82. The van der Waals surface area contributed by atoms with E-state index in [-0.39, 0.29) is 6.03 Å². The van der Waals surface area contributed by atoms with Gasteiger partial charge in [0.25, 0.3) is 0 Å². The molecule has 0 saturated heterocycles. The molecular formula is C13H20N2O2. The summed E-state index contributed by atoms with van der Waals surface area (Å²) in [7, 11) is 1.59. The van der Waals surface area contributed by atoms with Crippen LogP contribution < -0.4 is 10.1 Å². The molecule has 0 aliphatic carbocycles. The molecule has 0 radical (unpaired) electrons. The number of urea groups is 1. The van der Waals surface area contributed by atoms with Gasteiger partial charge in [-0.15, -0.1) is 0 Å². The van der Waals surface area contributed by atoms with Gasteiger partial charge in [-0.2, -0.15) is 0 Å². The van der Waals surface area contributed by atoms with Crippen molar-refractivity contribution < 1.29 is 9.53 Å². The Morgan fingerprint density at radius 3 is 2.53 bits per heavy atom. The average molecular weight is 236 g/mol. The lowest BCUT2D eigenvalue weighted by Crippen LogP contribution is -2.34. The number of carbonyl (C=O) groups is 1. The maximum atomic E-state index is 11.9. The fourth-order valence-electron chi connectivity index (χ4n) is 1.62. The van der Waals surface area contributed by atoms with E-state index in [1.165, 1.54) is 0 Å². The van der Waals surface area contributed by atoms with Crippen LogP contribution in [0.5, 0.6) is 5.75 Å². The fraction of sp³-hybridized carbons (Fsp3) is 0.462. The Hall–Kier alpha value is -1.71. The van der Waals surface area contributed by atoms with Crippen molar-refractivity contribution in [3.63, 3.8) is 0 Å². The summed E-state index contributed by atoms with van der Waals surface area (Å²) in [5.74, 6) is 0.677. The second kappa shape index (κ2) is 6.13. The van der Waals surface area contributed by atoms with Gasteiger partial charge in [0.15, 0.2) is 0 Å². The topological polar surface area (TPSA) is 41.6 Å². The minimum absolute atomic E-state index is 0.0982. The molecular weight excluding hydrogens is 216 g/mol. The fourth-order valence-corrected chi connectivity index (χ4v) is 1.62. The van der Waals surface area contributed by atoms with E-state index < -0.39 is 0 Å². The molecule has 0 spiro atoms. The Labute approximate surface area is 103 Å². The molecule has 0 aliphatic heterocycles.